The van der Waals surface area contributed by atoms with Crippen LogP contribution in [-0.4, -0.2) is 5.91 Å². The Hall–Kier alpha value is -2.09. The molecule has 2 heteroatoms. The van der Waals surface area contributed by atoms with Crippen LogP contribution in [0.15, 0.2) is 48.5 Å². The first-order chi connectivity index (χ1) is 11.3. The van der Waals surface area contributed by atoms with Crippen molar-refractivity contribution in [1.82, 2.24) is 0 Å². The SMILES string of the molecule is CCC(C)(C)c1cccc(NC(=O)Cc2ccc(C(C)C)cc2)c1. The van der Waals surface area contributed by atoms with E-state index in [1.807, 2.05) is 24.3 Å². The minimum atomic E-state index is 0.0266. The molecule has 0 saturated heterocycles. The van der Waals surface area contributed by atoms with Crippen molar-refractivity contribution in [2.24, 2.45) is 0 Å². The number of amides is 1. The average molecular weight is 323 g/mol. The zero-order chi connectivity index (χ0) is 17.7. The molecule has 0 saturated carbocycles. The van der Waals surface area contributed by atoms with Crippen molar-refractivity contribution >= 4 is 11.6 Å². The van der Waals surface area contributed by atoms with Gasteiger partial charge in [0.1, 0.15) is 0 Å². The minimum absolute atomic E-state index is 0.0266. The van der Waals surface area contributed by atoms with E-state index in [1.54, 1.807) is 0 Å². The lowest BCUT2D eigenvalue weighted by atomic mass is 9.82. The van der Waals surface area contributed by atoms with E-state index in [2.05, 4.69) is 64.2 Å². The van der Waals surface area contributed by atoms with E-state index >= 15 is 0 Å². The maximum Gasteiger partial charge on any atom is 0.228 e. The highest BCUT2D eigenvalue weighted by Crippen LogP contribution is 2.28. The molecular formula is C22H29NO. The zero-order valence-electron chi connectivity index (χ0n) is 15.5. The molecule has 2 aromatic rings. The standard InChI is InChI=1S/C22H29NO/c1-6-22(4,5)19-8-7-9-20(15-19)23-21(24)14-17-10-12-18(13-11-17)16(2)3/h7-13,15-16H,6,14H2,1-5H3,(H,23,24). The summed E-state index contributed by atoms with van der Waals surface area (Å²) in [5.41, 5.74) is 4.59. The largest absolute Gasteiger partial charge is 0.326 e. The Balaban J connectivity index is 2.03. The van der Waals surface area contributed by atoms with Crippen LogP contribution in [0.25, 0.3) is 0 Å². The number of hydrogen-bond donors (Lipinski definition) is 1. The van der Waals surface area contributed by atoms with Gasteiger partial charge >= 0.3 is 0 Å². The highest BCUT2D eigenvalue weighted by molar-refractivity contribution is 5.92. The summed E-state index contributed by atoms with van der Waals surface area (Å²) in [7, 11) is 0. The van der Waals surface area contributed by atoms with Gasteiger partial charge in [0.25, 0.3) is 0 Å². The maximum atomic E-state index is 12.3. The van der Waals surface area contributed by atoms with Gasteiger partial charge in [-0.2, -0.15) is 0 Å². The fraction of sp³-hybridized carbons (Fsp3) is 0.409. The van der Waals surface area contributed by atoms with Crippen molar-refractivity contribution < 1.29 is 4.79 Å². The van der Waals surface area contributed by atoms with Crippen LogP contribution < -0.4 is 5.32 Å². The summed E-state index contributed by atoms with van der Waals surface area (Å²) in [5, 5.41) is 3.03. The molecule has 0 radical (unpaired) electrons. The molecule has 2 aromatic carbocycles. The number of rotatable bonds is 6. The molecule has 0 unspecified atom stereocenters. The van der Waals surface area contributed by atoms with Gasteiger partial charge < -0.3 is 5.32 Å². The lowest BCUT2D eigenvalue weighted by Gasteiger charge is -2.24. The molecular weight excluding hydrogens is 294 g/mol. The second kappa shape index (κ2) is 7.65. The molecule has 1 N–H and O–H groups in total. The smallest absolute Gasteiger partial charge is 0.228 e. The van der Waals surface area contributed by atoms with Crippen molar-refractivity contribution in [3.8, 4) is 0 Å². The van der Waals surface area contributed by atoms with E-state index in [4.69, 9.17) is 0 Å². The number of benzene rings is 2. The Morgan fingerprint density at radius 2 is 1.75 bits per heavy atom. The lowest BCUT2D eigenvalue weighted by Crippen LogP contribution is -2.17. The predicted octanol–water partition coefficient (Wildman–Crippen LogP) is 5.68. The molecule has 0 fully saturated rings. The fourth-order valence-electron chi connectivity index (χ4n) is 2.63. The fourth-order valence-corrected chi connectivity index (χ4v) is 2.63. The van der Waals surface area contributed by atoms with Crippen LogP contribution in [0.5, 0.6) is 0 Å². The van der Waals surface area contributed by atoms with E-state index in [0.717, 1.165) is 17.7 Å². The van der Waals surface area contributed by atoms with Gasteiger partial charge in [-0.3, -0.25) is 4.79 Å². The van der Waals surface area contributed by atoms with Gasteiger partial charge in [0.15, 0.2) is 0 Å². The topological polar surface area (TPSA) is 29.1 Å². The molecule has 0 aliphatic heterocycles. The Bertz CT molecular complexity index is 683. The minimum Gasteiger partial charge on any atom is -0.326 e. The van der Waals surface area contributed by atoms with Gasteiger partial charge in [0.05, 0.1) is 6.42 Å². The lowest BCUT2D eigenvalue weighted by molar-refractivity contribution is -0.115. The summed E-state index contributed by atoms with van der Waals surface area (Å²) >= 11 is 0. The van der Waals surface area contributed by atoms with Gasteiger partial charge in [0.2, 0.25) is 5.91 Å². The van der Waals surface area contributed by atoms with Crippen LogP contribution in [0, 0.1) is 0 Å². The molecule has 2 rings (SSSR count). The van der Waals surface area contributed by atoms with Crippen LogP contribution in [0.2, 0.25) is 0 Å². The highest BCUT2D eigenvalue weighted by atomic mass is 16.1. The van der Waals surface area contributed by atoms with Gasteiger partial charge in [-0.25, -0.2) is 0 Å². The first-order valence-electron chi connectivity index (χ1n) is 8.81. The first-order valence-corrected chi connectivity index (χ1v) is 8.81. The van der Waals surface area contributed by atoms with E-state index in [1.165, 1.54) is 11.1 Å². The number of anilines is 1. The third-order valence-corrected chi connectivity index (χ3v) is 4.82. The van der Waals surface area contributed by atoms with Gasteiger partial charge in [0, 0.05) is 5.69 Å². The van der Waals surface area contributed by atoms with E-state index in [0.29, 0.717) is 12.3 Å². The Labute approximate surface area is 146 Å². The zero-order valence-corrected chi connectivity index (χ0v) is 15.5. The third-order valence-electron chi connectivity index (χ3n) is 4.82. The van der Waals surface area contributed by atoms with Gasteiger partial charge in [-0.1, -0.05) is 71.0 Å². The highest BCUT2D eigenvalue weighted by Gasteiger charge is 2.18. The molecule has 0 bridgehead atoms. The second-order valence-electron chi connectivity index (χ2n) is 7.44. The van der Waals surface area contributed by atoms with Gasteiger partial charge in [-0.15, -0.1) is 0 Å². The molecule has 0 spiro atoms. The quantitative estimate of drug-likeness (QED) is 0.728. The number of hydrogen-bond acceptors (Lipinski definition) is 1. The molecule has 0 aliphatic rings. The van der Waals surface area contributed by atoms with Crippen LogP contribution >= 0.6 is 0 Å². The summed E-state index contributed by atoms with van der Waals surface area (Å²) in [5.74, 6) is 0.538. The molecule has 0 atom stereocenters. The second-order valence-corrected chi connectivity index (χ2v) is 7.44. The van der Waals surface area contributed by atoms with Crippen molar-refractivity contribution in [3.05, 3.63) is 65.2 Å². The Morgan fingerprint density at radius 1 is 1.08 bits per heavy atom. The first kappa shape index (κ1) is 18.3. The van der Waals surface area contributed by atoms with Crippen LogP contribution in [0.3, 0.4) is 0 Å². The summed E-state index contributed by atoms with van der Waals surface area (Å²) < 4.78 is 0. The summed E-state index contributed by atoms with van der Waals surface area (Å²) in [6, 6.07) is 16.5. The van der Waals surface area contributed by atoms with Crippen molar-refractivity contribution in [1.29, 1.82) is 0 Å². The number of carbonyl (C=O) groups excluding carboxylic acids is 1. The number of carbonyl (C=O) groups is 1. The van der Waals surface area contributed by atoms with Crippen molar-refractivity contribution in [2.75, 3.05) is 5.32 Å². The molecule has 2 nitrogen and oxygen atoms in total. The number of nitrogens with one attached hydrogen (secondary N) is 1. The van der Waals surface area contributed by atoms with Crippen LogP contribution in [0.4, 0.5) is 5.69 Å². The average Bonchev–Trinajstić information content (AvgIpc) is 2.55. The Morgan fingerprint density at radius 3 is 2.33 bits per heavy atom. The van der Waals surface area contributed by atoms with E-state index in [9.17, 15) is 4.79 Å². The normalized spacial score (nSPS) is 11.6. The maximum absolute atomic E-state index is 12.3. The Kier molecular flexibility index (Phi) is 5.82. The van der Waals surface area contributed by atoms with Crippen molar-refractivity contribution in [3.63, 3.8) is 0 Å². The molecule has 1 amide bonds. The van der Waals surface area contributed by atoms with Gasteiger partial charge in [-0.05, 0) is 46.6 Å². The molecule has 0 aliphatic carbocycles. The summed E-state index contributed by atoms with van der Waals surface area (Å²) in [6.45, 7) is 11.0. The van der Waals surface area contributed by atoms with Crippen LogP contribution in [0.1, 0.15) is 63.6 Å². The predicted molar refractivity (Wildman–Crippen MR) is 103 cm³/mol. The molecule has 24 heavy (non-hydrogen) atoms. The molecule has 128 valence electrons. The van der Waals surface area contributed by atoms with E-state index < -0.39 is 0 Å². The summed E-state index contributed by atoms with van der Waals surface area (Å²) in [4.78, 5) is 12.3. The van der Waals surface area contributed by atoms with Crippen molar-refractivity contribution in [2.45, 2.75) is 58.8 Å². The molecule has 0 aromatic heterocycles. The summed E-state index contributed by atoms with van der Waals surface area (Å²) in [6.07, 6.45) is 1.46. The third kappa shape index (κ3) is 4.70. The van der Waals surface area contributed by atoms with E-state index in [-0.39, 0.29) is 11.3 Å². The van der Waals surface area contributed by atoms with Crippen LogP contribution in [-0.2, 0) is 16.6 Å². The molecule has 0 heterocycles. The monoisotopic (exact) mass is 323 g/mol.